The third-order valence-corrected chi connectivity index (χ3v) is 4.79. The van der Waals surface area contributed by atoms with Gasteiger partial charge in [0.05, 0.1) is 18.4 Å². The lowest BCUT2D eigenvalue weighted by molar-refractivity contribution is -0.140. The lowest BCUT2D eigenvalue weighted by Crippen LogP contribution is -2.05. The average molecular weight is 401 g/mol. The van der Waals surface area contributed by atoms with E-state index in [-0.39, 0.29) is 10.8 Å². The van der Waals surface area contributed by atoms with Gasteiger partial charge >= 0.3 is 6.18 Å². The summed E-state index contributed by atoms with van der Waals surface area (Å²) in [5.74, 6) is 0.173. The van der Waals surface area contributed by atoms with Crippen LogP contribution in [0.3, 0.4) is 0 Å². The Morgan fingerprint density at radius 3 is 2.57 bits per heavy atom. The molecule has 142 valence electrons. The van der Waals surface area contributed by atoms with E-state index < -0.39 is 11.9 Å². The Kier molecular flexibility index (Phi) is 4.68. The van der Waals surface area contributed by atoms with Crippen molar-refractivity contribution in [2.24, 2.45) is 0 Å². The minimum Gasteiger partial charge on any atom is -0.268 e. The van der Waals surface area contributed by atoms with Gasteiger partial charge in [-0.1, -0.05) is 30.3 Å². The Bertz CT molecular complexity index is 1100. The molecule has 4 rings (SSSR count). The van der Waals surface area contributed by atoms with Crippen LogP contribution in [0.1, 0.15) is 17.0 Å². The highest BCUT2D eigenvalue weighted by atomic mass is 32.1. The first kappa shape index (κ1) is 18.3. The second kappa shape index (κ2) is 7.16. The summed E-state index contributed by atoms with van der Waals surface area (Å²) in [6.07, 6.45) is -0.959. The predicted molar refractivity (Wildman–Crippen MR) is 99.6 cm³/mol. The van der Waals surface area contributed by atoms with Crippen molar-refractivity contribution in [2.75, 3.05) is 0 Å². The largest absolute Gasteiger partial charge is 0.434 e. The summed E-state index contributed by atoms with van der Waals surface area (Å²) in [4.78, 5) is 12.3. The molecule has 0 fully saturated rings. The molecule has 0 radical (unpaired) electrons. The molecule has 0 amide bonds. The Morgan fingerprint density at radius 2 is 1.86 bits per heavy atom. The van der Waals surface area contributed by atoms with Crippen molar-refractivity contribution in [2.45, 2.75) is 19.6 Å². The molecule has 3 heterocycles. The highest BCUT2D eigenvalue weighted by molar-refractivity contribution is 7.13. The molecule has 0 N–H and O–H groups in total. The van der Waals surface area contributed by atoms with E-state index >= 15 is 0 Å². The fraction of sp³-hybridized carbons (Fsp3) is 0.158. The predicted octanol–water partition coefficient (Wildman–Crippen LogP) is 4.84. The van der Waals surface area contributed by atoms with Crippen LogP contribution in [0.2, 0.25) is 0 Å². The summed E-state index contributed by atoms with van der Waals surface area (Å²) in [7, 11) is 0. The number of aromatic nitrogens is 5. The van der Waals surface area contributed by atoms with Crippen LogP contribution in [0.5, 0.6) is 0 Å². The number of hydrogen-bond acceptors (Lipinski definition) is 5. The molecule has 0 bridgehead atoms. The summed E-state index contributed by atoms with van der Waals surface area (Å²) in [5, 5.41) is 5.45. The zero-order valence-electron chi connectivity index (χ0n) is 14.7. The average Bonchev–Trinajstić information content (AvgIpc) is 3.31. The first-order valence-corrected chi connectivity index (χ1v) is 9.22. The van der Waals surface area contributed by atoms with Gasteiger partial charge in [-0.15, -0.1) is 11.3 Å². The topological polar surface area (TPSA) is 56.5 Å². The number of thiazole rings is 1. The molecule has 0 saturated carbocycles. The van der Waals surface area contributed by atoms with Crippen molar-refractivity contribution >= 4 is 11.3 Å². The lowest BCUT2D eigenvalue weighted by Gasteiger charge is -2.03. The molecule has 5 nitrogen and oxygen atoms in total. The van der Waals surface area contributed by atoms with Gasteiger partial charge in [0.25, 0.3) is 0 Å². The Labute approximate surface area is 162 Å². The maximum absolute atomic E-state index is 12.8. The molecule has 0 atom stereocenters. The molecule has 28 heavy (non-hydrogen) atoms. The summed E-state index contributed by atoms with van der Waals surface area (Å²) >= 11 is 0.872. The van der Waals surface area contributed by atoms with Crippen molar-refractivity contribution in [1.29, 1.82) is 0 Å². The number of hydrogen-bond donors (Lipinski definition) is 0. The van der Waals surface area contributed by atoms with Crippen LogP contribution in [0, 0.1) is 6.92 Å². The normalized spacial score (nSPS) is 11.7. The second-order valence-electron chi connectivity index (χ2n) is 6.17. The molecule has 0 saturated heterocycles. The summed E-state index contributed by atoms with van der Waals surface area (Å²) < 4.78 is 40.2. The van der Waals surface area contributed by atoms with Gasteiger partial charge in [0.2, 0.25) is 0 Å². The van der Waals surface area contributed by atoms with Crippen molar-refractivity contribution in [3.8, 4) is 22.1 Å². The van der Waals surface area contributed by atoms with Crippen molar-refractivity contribution < 1.29 is 13.2 Å². The van der Waals surface area contributed by atoms with E-state index in [0.717, 1.165) is 27.8 Å². The van der Waals surface area contributed by atoms with Crippen molar-refractivity contribution in [1.82, 2.24) is 24.7 Å². The van der Waals surface area contributed by atoms with Crippen molar-refractivity contribution in [3.05, 3.63) is 71.1 Å². The number of rotatable bonds is 4. The Morgan fingerprint density at radius 1 is 1.07 bits per heavy atom. The molecule has 0 spiro atoms. The molecule has 0 unspecified atom stereocenters. The van der Waals surface area contributed by atoms with E-state index in [1.54, 1.807) is 23.9 Å². The SMILES string of the molecule is Cc1cc(-c2cnn(Cc3ccccc3)c2)nc(-c2nc(C(F)(F)F)cs2)n1. The van der Waals surface area contributed by atoms with Gasteiger partial charge in [-0.3, -0.25) is 4.68 Å². The molecule has 0 aliphatic rings. The number of halogens is 3. The van der Waals surface area contributed by atoms with Gasteiger partial charge < -0.3 is 0 Å². The van der Waals surface area contributed by atoms with E-state index in [1.807, 2.05) is 36.5 Å². The molecule has 1 aromatic carbocycles. The summed E-state index contributed by atoms with van der Waals surface area (Å²) in [6.45, 7) is 2.38. The fourth-order valence-electron chi connectivity index (χ4n) is 2.67. The summed E-state index contributed by atoms with van der Waals surface area (Å²) in [5.41, 5.74) is 2.16. The highest BCUT2D eigenvalue weighted by Gasteiger charge is 2.34. The number of aryl methyl sites for hydroxylation is 1. The van der Waals surface area contributed by atoms with Crippen LogP contribution in [0.4, 0.5) is 13.2 Å². The van der Waals surface area contributed by atoms with Crippen LogP contribution in [0.15, 0.2) is 54.2 Å². The minimum absolute atomic E-state index is 0.133. The minimum atomic E-state index is -4.49. The van der Waals surface area contributed by atoms with Gasteiger partial charge in [0.1, 0.15) is 0 Å². The monoisotopic (exact) mass is 401 g/mol. The number of benzene rings is 1. The standard InChI is InChI=1S/C19H14F3N5S/c1-12-7-15(14-8-23-27(10-14)9-13-5-3-2-4-6-13)25-17(24-12)18-26-16(11-28-18)19(20,21)22/h2-8,10-11H,9H2,1H3. The van der Waals surface area contributed by atoms with E-state index in [9.17, 15) is 13.2 Å². The van der Waals surface area contributed by atoms with E-state index in [4.69, 9.17) is 0 Å². The second-order valence-corrected chi connectivity index (χ2v) is 7.02. The zero-order valence-corrected chi connectivity index (χ0v) is 15.5. The third-order valence-electron chi connectivity index (χ3n) is 3.96. The van der Waals surface area contributed by atoms with Crippen LogP contribution in [0.25, 0.3) is 22.1 Å². The quantitative estimate of drug-likeness (QED) is 0.491. The van der Waals surface area contributed by atoms with Gasteiger partial charge in [0.15, 0.2) is 16.5 Å². The van der Waals surface area contributed by atoms with E-state index in [1.165, 1.54) is 0 Å². The number of nitrogens with zero attached hydrogens (tertiary/aromatic N) is 5. The number of alkyl halides is 3. The molecule has 0 aliphatic carbocycles. The van der Waals surface area contributed by atoms with Gasteiger partial charge in [-0.25, -0.2) is 15.0 Å². The van der Waals surface area contributed by atoms with Gasteiger partial charge in [-0.05, 0) is 18.6 Å². The first-order chi connectivity index (χ1) is 13.4. The Hall–Kier alpha value is -3.07. The van der Waals surface area contributed by atoms with Crippen LogP contribution in [-0.4, -0.2) is 24.7 Å². The van der Waals surface area contributed by atoms with E-state index in [0.29, 0.717) is 17.9 Å². The van der Waals surface area contributed by atoms with Crippen LogP contribution >= 0.6 is 11.3 Å². The highest BCUT2D eigenvalue weighted by Crippen LogP contribution is 2.33. The molecular weight excluding hydrogens is 387 g/mol. The molecular formula is C19H14F3N5S. The maximum atomic E-state index is 12.8. The van der Waals surface area contributed by atoms with E-state index in [2.05, 4.69) is 20.1 Å². The first-order valence-electron chi connectivity index (χ1n) is 8.34. The summed E-state index contributed by atoms with van der Waals surface area (Å²) in [6, 6.07) is 11.7. The van der Waals surface area contributed by atoms with Crippen molar-refractivity contribution in [3.63, 3.8) is 0 Å². The fourth-order valence-corrected chi connectivity index (χ4v) is 3.43. The zero-order chi connectivity index (χ0) is 19.7. The Balaban J connectivity index is 1.63. The molecule has 0 aliphatic heterocycles. The van der Waals surface area contributed by atoms with Gasteiger partial charge in [-0.2, -0.15) is 18.3 Å². The van der Waals surface area contributed by atoms with Crippen LogP contribution in [-0.2, 0) is 12.7 Å². The lowest BCUT2D eigenvalue weighted by atomic mass is 10.2. The molecule has 9 heteroatoms. The molecule has 3 aromatic heterocycles. The molecule has 4 aromatic rings. The third kappa shape index (κ3) is 3.94. The maximum Gasteiger partial charge on any atom is 0.434 e. The van der Waals surface area contributed by atoms with Gasteiger partial charge in [0, 0.05) is 22.8 Å². The smallest absolute Gasteiger partial charge is 0.268 e. The van der Waals surface area contributed by atoms with Crippen LogP contribution < -0.4 is 0 Å².